The van der Waals surface area contributed by atoms with Gasteiger partial charge in [0, 0.05) is 36.1 Å². The van der Waals surface area contributed by atoms with Gasteiger partial charge in [-0.3, -0.25) is 9.59 Å². The van der Waals surface area contributed by atoms with Gasteiger partial charge in [0.2, 0.25) is 23.2 Å². The van der Waals surface area contributed by atoms with Gasteiger partial charge >= 0.3 is 24.7 Å². The molecule has 8 rings (SSSR count). The molecule has 0 radical (unpaired) electrons. The number of hydrogen-bond donors (Lipinski definition) is 4. The molecule has 0 spiro atoms. The largest absolute Gasteiger partial charge is 0.416 e. The van der Waals surface area contributed by atoms with Crippen LogP contribution in [0.25, 0.3) is 9.69 Å². The summed E-state index contributed by atoms with van der Waals surface area (Å²) in [4.78, 5) is 32.5. The summed E-state index contributed by atoms with van der Waals surface area (Å²) in [6.45, 7) is 14.3. The fourth-order valence-electron chi connectivity index (χ4n) is 8.98. The number of ether oxygens (including phenoxy) is 2. The third-order valence-electron chi connectivity index (χ3n) is 11.9. The first-order chi connectivity index (χ1) is 30.8. The number of carbonyl (C=O) groups is 2. The Kier molecular flexibility index (Phi) is 12.7. The summed E-state index contributed by atoms with van der Waals surface area (Å²) in [5.41, 5.74) is -4.97. The van der Waals surface area contributed by atoms with E-state index >= 15 is 0 Å². The fourth-order valence-corrected chi connectivity index (χ4v) is 8.98. The number of aliphatic hydroxyl groups is 2. The minimum absolute atomic E-state index is 0.0521. The molecule has 10 atom stereocenters. The van der Waals surface area contributed by atoms with Gasteiger partial charge < -0.3 is 30.3 Å². The Morgan fingerprint density at radius 1 is 0.530 bits per heavy atom. The zero-order valence-electron chi connectivity index (χ0n) is 33.2. The predicted octanol–water partition coefficient (Wildman–Crippen LogP) is 10.3. The van der Waals surface area contributed by atoms with Crippen LogP contribution in [0, 0.1) is 25.0 Å². The summed E-state index contributed by atoms with van der Waals surface area (Å²) in [5.74, 6) is -5.67. The molecule has 2 amide bonds. The van der Waals surface area contributed by atoms with Gasteiger partial charge in [0.05, 0.1) is 83.9 Å². The van der Waals surface area contributed by atoms with E-state index in [0.717, 1.165) is 36.4 Å². The smallest absolute Gasteiger partial charge is 0.390 e. The van der Waals surface area contributed by atoms with Crippen LogP contribution in [-0.2, 0) is 43.8 Å². The van der Waals surface area contributed by atoms with Crippen molar-refractivity contribution in [2.24, 2.45) is 11.8 Å². The summed E-state index contributed by atoms with van der Waals surface area (Å²) in [6.07, 6.45) is -24.2. The zero-order chi connectivity index (χ0) is 48.3. The molecular formula is C44H32F12N4O6. The molecule has 0 aromatic heterocycles. The molecule has 4 aromatic carbocycles. The Labute approximate surface area is 365 Å². The van der Waals surface area contributed by atoms with Crippen LogP contribution in [0.15, 0.2) is 84.9 Å². The molecule has 66 heavy (non-hydrogen) atoms. The van der Waals surface area contributed by atoms with Crippen molar-refractivity contribution >= 4 is 34.6 Å². The number of alkyl halides is 12. The van der Waals surface area contributed by atoms with Crippen molar-refractivity contribution < 1.29 is 82.0 Å². The third kappa shape index (κ3) is 9.54. The van der Waals surface area contributed by atoms with E-state index in [4.69, 9.17) is 22.6 Å². The number of amides is 2. The van der Waals surface area contributed by atoms with Crippen molar-refractivity contribution in [3.8, 4) is 0 Å². The second kappa shape index (κ2) is 17.5. The highest BCUT2D eigenvalue weighted by Gasteiger charge is 2.58. The van der Waals surface area contributed by atoms with Gasteiger partial charge in [-0.15, -0.1) is 0 Å². The Bertz CT molecular complexity index is 2430. The van der Waals surface area contributed by atoms with E-state index in [9.17, 15) is 72.5 Å². The molecule has 4 heterocycles. The molecule has 4 aliphatic rings. The summed E-state index contributed by atoms with van der Waals surface area (Å²) < 4.78 is 169. The van der Waals surface area contributed by atoms with E-state index in [-0.39, 0.29) is 46.7 Å². The van der Waals surface area contributed by atoms with Crippen LogP contribution < -0.4 is 10.6 Å². The van der Waals surface area contributed by atoms with E-state index in [1.54, 1.807) is 0 Å². The number of fused-ring (bicyclic) bond motifs is 4. The monoisotopic (exact) mass is 940 g/mol. The Morgan fingerprint density at radius 2 is 0.864 bits per heavy atom. The van der Waals surface area contributed by atoms with Crippen LogP contribution in [0.5, 0.6) is 0 Å². The number of carbonyl (C=O) groups excluding carboxylic acids is 2. The molecule has 4 aromatic rings. The number of halogens is 12. The summed E-state index contributed by atoms with van der Waals surface area (Å²) in [5, 5.41) is 25.1. The Balaban J connectivity index is 0.000000196. The van der Waals surface area contributed by atoms with Crippen molar-refractivity contribution in [3.63, 3.8) is 0 Å². The molecule has 4 saturated heterocycles. The molecule has 22 heteroatoms. The van der Waals surface area contributed by atoms with Gasteiger partial charge in [-0.2, -0.15) is 52.7 Å². The SMILES string of the molecule is [C-]#[N+]c1ccc(C(F)(F)F)cc1NC(=O)[C@@H]1[C@@H](c2cccc(C(F)(F)F)c2)[C@H]2O[C@@H]1C[C@@H]2O.[C-]#[N+]c1ccc(C(F)(F)F)cc1NC(=O)[C@H]1[C@H](c2cccc(C(F)(F)F)c2)[C@@H]2O[C@H]1C[C@H]2O. The van der Waals surface area contributed by atoms with Crippen molar-refractivity contribution in [1.29, 1.82) is 0 Å². The quantitative estimate of drug-likeness (QED) is 0.113. The topological polar surface area (TPSA) is 126 Å². The lowest BCUT2D eigenvalue weighted by Gasteiger charge is -2.30. The maximum atomic E-state index is 13.2. The van der Waals surface area contributed by atoms with Gasteiger partial charge in [-0.05, 0) is 35.4 Å². The molecule has 4 bridgehead atoms. The van der Waals surface area contributed by atoms with E-state index in [1.165, 1.54) is 24.3 Å². The molecule has 0 aliphatic carbocycles. The van der Waals surface area contributed by atoms with Crippen LogP contribution in [-0.4, -0.2) is 58.7 Å². The molecular weight excluding hydrogens is 908 g/mol. The summed E-state index contributed by atoms with van der Waals surface area (Å²) in [7, 11) is 0. The first-order valence-corrected chi connectivity index (χ1v) is 19.6. The normalized spacial score (nSPS) is 26.8. The van der Waals surface area contributed by atoms with Gasteiger partial charge in [0.1, 0.15) is 0 Å². The predicted molar refractivity (Wildman–Crippen MR) is 207 cm³/mol. The van der Waals surface area contributed by atoms with Crippen LogP contribution in [0.1, 0.15) is 58.1 Å². The van der Waals surface area contributed by atoms with E-state index in [1.807, 2.05) is 0 Å². The molecule has 4 fully saturated rings. The summed E-state index contributed by atoms with van der Waals surface area (Å²) >= 11 is 0. The zero-order valence-corrected chi connectivity index (χ0v) is 33.2. The number of aliphatic hydroxyl groups excluding tert-OH is 2. The maximum absolute atomic E-state index is 13.2. The molecule has 4 aliphatic heterocycles. The Morgan fingerprint density at radius 3 is 1.18 bits per heavy atom. The van der Waals surface area contributed by atoms with Gasteiger partial charge in [-0.25, -0.2) is 9.69 Å². The average Bonchev–Trinajstić information content (AvgIpc) is 4.02. The lowest BCUT2D eigenvalue weighted by Crippen LogP contribution is -2.41. The van der Waals surface area contributed by atoms with Crippen LogP contribution in [0.2, 0.25) is 0 Å². The van der Waals surface area contributed by atoms with Crippen molar-refractivity contribution in [1.82, 2.24) is 0 Å². The number of nitrogens with one attached hydrogen (secondary N) is 2. The number of benzene rings is 4. The summed E-state index contributed by atoms with van der Waals surface area (Å²) in [6, 6.07) is 13.1. The number of hydrogen-bond acceptors (Lipinski definition) is 6. The first-order valence-electron chi connectivity index (χ1n) is 19.6. The highest BCUT2D eigenvalue weighted by Crippen LogP contribution is 2.52. The second-order valence-corrected chi connectivity index (χ2v) is 15.9. The van der Waals surface area contributed by atoms with Gasteiger partial charge in [0.15, 0.2) is 0 Å². The van der Waals surface area contributed by atoms with Gasteiger partial charge in [0.25, 0.3) is 0 Å². The third-order valence-corrected chi connectivity index (χ3v) is 11.9. The number of nitrogens with zero attached hydrogens (tertiary/aromatic N) is 2. The van der Waals surface area contributed by atoms with Crippen molar-refractivity contribution in [2.45, 2.75) is 86.0 Å². The van der Waals surface area contributed by atoms with Crippen LogP contribution in [0.4, 0.5) is 75.4 Å². The molecule has 0 unspecified atom stereocenters. The van der Waals surface area contributed by atoms with Crippen LogP contribution >= 0.6 is 0 Å². The molecule has 0 saturated carbocycles. The highest BCUT2D eigenvalue weighted by atomic mass is 19.4. The lowest BCUT2D eigenvalue weighted by molar-refractivity contribution is -0.138. The lowest BCUT2D eigenvalue weighted by atomic mass is 9.73. The van der Waals surface area contributed by atoms with Crippen molar-refractivity contribution in [2.75, 3.05) is 10.6 Å². The molecule has 4 N–H and O–H groups in total. The minimum atomic E-state index is -4.71. The van der Waals surface area contributed by atoms with E-state index < -0.39 is 119 Å². The van der Waals surface area contributed by atoms with Crippen LogP contribution in [0.3, 0.4) is 0 Å². The van der Waals surface area contributed by atoms with E-state index in [2.05, 4.69) is 20.3 Å². The van der Waals surface area contributed by atoms with Gasteiger partial charge in [-0.1, -0.05) is 60.7 Å². The molecule has 10 nitrogen and oxygen atoms in total. The fraction of sp³-hybridized carbons (Fsp3) is 0.364. The average molecular weight is 941 g/mol. The molecule has 348 valence electrons. The Hall–Kier alpha value is -6.20. The minimum Gasteiger partial charge on any atom is -0.390 e. The number of anilines is 2. The first kappa shape index (κ1) is 47.8. The van der Waals surface area contributed by atoms with E-state index in [0.29, 0.717) is 24.3 Å². The van der Waals surface area contributed by atoms with Crippen molar-refractivity contribution in [3.05, 3.63) is 141 Å². The second-order valence-electron chi connectivity index (χ2n) is 15.9. The standard InChI is InChI=1S/2C22H16F6N2O3/c2*1-29-13-6-5-12(22(26,27)28)8-14(13)30-20(32)18-16-9-15(31)19(33-16)17(18)10-3-2-4-11(7-10)21(23,24)25/h2*2-8,15-19,31H,9H2,(H,30,32)/t2*15-,16+,17+,18-,19-/m10/s1. The maximum Gasteiger partial charge on any atom is 0.416 e. The number of rotatable bonds is 6. The highest BCUT2D eigenvalue weighted by molar-refractivity contribution is 5.98.